The fraction of sp³-hybridized carbons (Fsp3) is 0.304. The third-order valence-electron chi connectivity index (χ3n) is 4.90. The number of carbonyl (C=O) groups excluding carboxylic acids is 1. The summed E-state index contributed by atoms with van der Waals surface area (Å²) >= 11 is 3.36. The van der Waals surface area contributed by atoms with Gasteiger partial charge in [-0.1, -0.05) is 28.1 Å². The third kappa shape index (κ3) is 5.07. The maximum Gasteiger partial charge on any atom is 0.277 e. The Morgan fingerprint density at radius 2 is 1.97 bits per heavy atom. The Kier molecular flexibility index (Phi) is 6.42. The van der Waals surface area contributed by atoms with Crippen molar-refractivity contribution in [1.82, 2.24) is 5.43 Å². The van der Waals surface area contributed by atoms with Gasteiger partial charge in [-0.2, -0.15) is 5.10 Å². The van der Waals surface area contributed by atoms with Gasteiger partial charge in [-0.3, -0.25) is 4.79 Å². The predicted octanol–water partition coefficient (Wildman–Crippen LogP) is 5.00. The molecule has 1 aliphatic rings. The minimum Gasteiger partial charge on any atom is -0.484 e. The van der Waals surface area contributed by atoms with Crippen LogP contribution in [0.5, 0.6) is 5.75 Å². The smallest absolute Gasteiger partial charge is 0.277 e. The van der Waals surface area contributed by atoms with Gasteiger partial charge in [0.05, 0.1) is 11.8 Å². The molecule has 0 saturated heterocycles. The molecule has 1 aliphatic heterocycles. The van der Waals surface area contributed by atoms with Crippen molar-refractivity contribution in [2.45, 2.75) is 33.2 Å². The lowest BCUT2D eigenvalue weighted by Gasteiger charge is -2.42. The Morgan fingerprint density at radius 3 is 2.66 bits per heavy atom. The molecule has 6 heteroatoms. The van der Waals surface area contributed by atoms with Crippen molar-refractivity contribution in [3.63, 3.8) is 0 Å². The van der Waals surface area contributed by atoms with Crippen LogP contribution in [-0.2, 0) is 4.79 Å². The number of ether oxygens (including phenoxy) is 1. The molecule has 0 unspecified atom stereocenters. The van der Waals surface area contributed by atoms with Gasteiger partial charge in [-0.15, -0.1) is 0 Å². The molecule has 0 saturated carbocycles. The van der Waals surface area contributed by atoms with Gasteiger partial charge in [-0.25, -0.2) is 5.43 Å². The molecule has 0 radical (unpaired) electrons. The molecule has 0 atom stereocenters. The molecule has 152 valence electrons. The average Bonchev–Trinajstić information content (AvgIpc) is 2.67. The Hall–Kier alpha value is -2.60. The summed E-state index contributed by atoms with van der Waals surface area (Å²) in [6.45, 7) is 9.60. The number of halogens is 1. The first-order valence-electron chi connectivity index (χ1n) is 9.62. The zero-order valence-corrected chi connectivity index (χ0v) is 18.8. The number of hydrogen-bond acceptors (Lipinski definition) is 4. The van der Waals surface area contributed by atoms with Crippen molar-refractivity contribution in [3.05, 3.63) is 64.1 Å². The van der Waals surface area contributed by atoms with Crippen molar-refractivity contribution < 1.29 is 9.53 Å². The number of rotatable bonds is 6. The number of amides is 1. The summed E-state index contributed by atoms with van der Waals surface area (Å²) in [5.74, 6) is 0.324. The van der Waals surface area contributed by atoms with Gasteiger partial charge in [0.25, 0.3) is 5.91 Å². The highest BCUT2D eigenvalue weighted by Crippen LogP contribution is 2.38. The normalized spacial score (nSPS) is 15.1. The summed E-state index contributed by atoms with van der Waals surface area (Å²) in [5, 5.41) is 4.06. The lowest BCUT2D eigenvalue weighted by molar-refractivity contribution is -0.123. The third-order valence-corrected chi connectivity index (χ3v) is 5.43. The molecule has 0 aromatic heterocycles. The van der Waals surface area contributed by atoms with E-state index in [1.54, 1.807) is 18.3 Å². The van der Waals surface area contributed by atoms with Crippen LogP contribution >= 0.6 is 15.9 Å². The van der Waals surface area contributed by atoms with E-state index in [0.717, 1.165) is 16.6 Å². The fourth-order valence-corrected chi connectivity index (χ4v) is 3.91. The molecule has 0 bridgehead atoms. The zero-order valence-electron chi connectivity index (χ0n) is 17.2. The van der Waals surface area contributed by atoms with Crippen molar-refractivity contribution >= 4 is 39.3 Å². The van der Waals surface area contributed by atoms with Crippen molar-refractivity contribution in [3.8, 4) is 5.75 Å². The van der Waals surface area contributed by atoms with Crippen LogP contribution < -0.4 is 15.1 Å². The van der Waals surface area contributed by atoms with E-state index in [1.165, 1.54) is 16.8 Å². The first-order valence-corrected chi connectivity index (χ1v) is 10.4. The van der Waals surface area contributed by atoms with Crippen molar-refractivity contribution in [2.24, 2.45) is 5.10 Å². The Bertz CT molecular complexity index is 949. The summed E-state index contributed by atoms with van der Waals surface area (Å²) in [5.41, 5.74) is 7.10. The predicted molar refractivity (Wildman–Crippen MR) is 123 cm³/mol. The molecule has 2 aromatic carbocycles. The second kappa shape index (κ2) is 8.82. The molecule has 0 fully saturated rings. The summed E-state index contributed by atoms with van der Waals surface area (Å²) < 4.78 is 6.40. The Labute approximate surface area is 180 Å². The standard InChI is InChI=1S/C23H26BrN3O2/c1-5-27-21-11-6-17(12-20(21)16(2)13-23(27,3)4)14-25-26-22(28)15-29-19-9-7-18(24)8-10-19/h6-14H,5,15H2,1-4H3,(H,26,28)/b25-14+. The van der Waals surface area contributed by atoms with Gasteiger partial charge < -0.3 is 9.64 Å². The number of hydrogen-bond donors (Lipinski definition) is 1. The highest BCUT2D eigenvalue weighted by molar-refractivity contribution is 9.10. The van der Waals surface area contributed by atoms with E-state index in [2.05, 4.69) is 77.3 Å². The molecule has 1 heterocycles. The number of nitrogens with zero attached hydrogens (tertiary/aromatic N) is 2. The van der Waals surface area contributed by atoms with E-state index < -0.39 is 0 Å². The average molecular weight is 456 g/mol. The monoisotopic (exact) mass is 455 g/mol. The van der Waals surface area contributed by atoms with Gasteiger partial charge in [0.2, 0.25) is 0 Å². The molecular formula is C23H26BrN3O2. The fourth-order valence-electron chi connectivity index (χ4n) is 3.65. The van der Waals surface area contributed by atoms with Crippen molar-refractivity contribution in [2.75, 3.05) is 18.1 Å². The molecule has 1 N–H and O–H groups in total. The van der Waals surface area contributed by atoms with Gasteiger partial charge in [0.1, 0.15) is 5.75 Å². The number of allylic oxidation sites excluding steroid dienone is 1. The van der Waals surface area contributed by atoms with Crippen LogP contribution in [-0.4, -0.2) is 30.8 Å². The molecule has 3 rings (SSSR count). The molecular weight excluding hydrogens is 430 g/mol. The molecule has 1 amide bonds. The highest BCUT2D eigenvalue weighted by atomic mass is 79.9. The van der Waals surface area contributed by atoms with E-state index in [1.807, 2.05) is 18.2 Å². The molecule has 0 aliphatic carbocycles. The van der Waals surface area contributed by atoms with Crippen LogP contribution in [0, 0.1) is 0 Å². The van der Waals surface area contributed by atoms with Crippen LogP contribution in [0.15, 0.2) is 58.1 Å². The molecule has 5 nitrogen and oxygen atoms in total. The minimum atomic E-state index is -0.308. The van der Waals surface area contributed by atoms with E-state index in [9.17, 15) is 4.79 Å². The number of anilines is 1. The molecule has 0 spiro atoms. The number of hydrazone groups is 1. The van der Waals surface area contributed by atoms with Gasteiger partial charge in [-0.05, 0) is 75.2 Å². The summed E-state index contributed by atoms with van der Waals surface area (Å²) in [4.78, 5) is 14.3. The van der Waals surface area contributed by atoms with Crippen LogP contribution in [0.1, 0.15) is 38.8 Å². The van der Waals surface area contributed by atoms with Gasteiger partial charge >= 0.3 is 0 Å². The zero-order chi connectivity index (χ0) is 21.0. The second-order valence-corrected chi connectivity index (χ2v) is 8.45. The molecule has 2 aromatic rings. The first kappa shape index (κ1) is 21.1. The maximum atomic E-state index is 11.9. The summed E-state index contributed by atoms with van der Waals surface area (Å²) in [6.07, 6.45) is 3.95. The number of carbonyl (C=O) groups is 1. The number of nitrogens with one attached hydrogen (secondary N) is 1. The highest BCUT2D eigenvalue weighted by Gasteiger charge is 2.29. The quantitative estimate of drug-likeness (QED) is 0.492. The Morgan fingerprint density at radius 1 is 1.24 bits per heavy atom. The number of benzene rings is 2. The summed E-state index contributed by atoms with van der Waals surface area (Å²) in [6, 6.07) is 13.6. The van der Waals surface area contributed by atoms with Gasteiger partial charge in [0.15, 0.2) is 6.61 Å². The Balaban J connectivity index is 1.62. The SMILES string of the molecule is CCN1c2ccc(/C=N/NC(=O)COc3ccc(Br)cc3)cc2C(C)=CC1(C)C. The van der Waals surface area contributed by atoms with Crippen LogP contribution in [0.2, 0.25) is 0 Å². The van der Waals surface area contributed by atoms with Crippen molar-refractivity contribution in [1.29, 1.82) is 0 Å². The molecule has 29 heavy (non-hydrogen) atoms. The first-order chi connectivity index (χ1) is 13.8. The minimum absolute atomic E-state index is 0.00967. The lowest BCUT2D eigenvalue weighted by atomic mass is 9.88. The van der Waals surface area contributed by atoms with E-state index in [4.69, 9.17) is 4.74 Å². The van der Waals surface area contributed by atoms with Gasteiger partial charge in [0, 0.05) is 22.3 Å². The largest absolute Gasteiger partial charge is 0.484 e. The number of likely N-dealkylation sites (N-methyl/N-ethyl adjacent to an activating group) is 1. The van der Waals surface area contributed by atoms with E-state index >= 15 is 0 Å². The van der Waals surface area contributed by atoms with Crippen LogP contribution in [0.25, 0.3) is 5.57 Å². The summed E-state index contributed by atoms with van der Waals surface area (Å²) in [7, 11) is 0. The topological polar surface area (TPSA) is 53.9 Å². The van der Waals surface area contributed by atoms with E-state index in [0.29, 0.717) is 5.75 Å². The van der Waals surface area contributed by atoms with E-state index in [-0.39, 0.29) is 18.1 Å². The van der Waals surface area contributed by atoms with Crippen LogP contribution in [0.3, 0.4) is 0 Å². The lowest BCUT2D eigenvalue weighted by Crippen LogP contribution is -2.44. The number of fused-ring (bicyclic) bond motifs is 1. The second-order valence-electron chi connectivity index (χ2n) is 7.54. The maximum absolute atomic E-state index is 11.9. The van der Waals surface area contributed by atoms with Crippen LogP contribution in [0.4, 0.5) is 5.69 Å².